The molecule has 0 bridgehead atoms. The highest BCUT2D eigenvalue weighted by Crippen LogP contribution is 2.21. The summed E-state index contributed by atoms with van der Waals surface area (Å²) in [6.45, 7) is 2.27. The third kappa shape index (κ3) is 3.85. The van der Waals surface area contributed by atoms with E-state index in [-0.39, 0.29) is 42.5 Å². The molecule has 2 rings (SSSR count). The number of carbonyl (C=O) groups is 1. The van der Waals surface area contributed by atoms with E-state index < -0.39 is 10.0 Å². The number of ether oxygens (including phenoxy) is 1. The average molecular weight is 365 g/mol. The number of sulfonamides is 1. The van der Waals surface area contributed by atoms with Crippen LogP contribution in [0.15, 0.2) is 0 Å². The Hall–Kier alpha value is -1.16. The van der Waals surface area contributed by atoms with Crippen molar-refractivity contribution >= 4 is 27.5 Å². The van der Waals surface area contributed by atoms with E-state index >= 15 is 0 Å². The third-order valence-electron chi connectivity index (χ3n) is 3.86. The first-order valence-electron chi connectivity index (χ1n) is 7.11. The standard InChI is InChI=1S/C13H21ClN4O4S/c1-8-11(14)12(18(4)16-8)13(19)15-10-6-22-5-9(10)7-23(20,21)17(2)3/h9-10H,5-7H2,1-4H3,(H,15,19)/t9-,10-/m0/s1. The molecule has 0 aromatic carbocycles. The Bertz CT molecular complexity index is 701. The van der Waals surface area contributed by atoms with Gasteiger partial charge in [-0.05, 0) is 6.92 Å². The number of hydrogen-bond donors (Lipinski definition) is 1. The van der Waals surface area contributed by atoms with Crippen LogP contribution in [-0.2, 0) is 21.8 Å². The average Bonchev–Trinajstić information content (AvgIpc) is 2.94. The Labute approximate surface area is 140 Å². The summed E-state index contributed by atoms with van der Waals surface area (Å²) in [4.78, 5) is 12.4. The first-order valence-corrected chi connectivity index (χ1v) is 9.10. The Balaban J connectivity index is 2.11. The number of nitrogens with one attached hydrogen (secondary N) is 1. The van der Waals surface area contributed by atoms with E-state index in [4.69, 9.17) is 16.3 Å². The van der Waals surface area contributed by atoms with E-state index in [9.17, 15) is 13.2 Å². The van der Waals surface area contributed by atoms with Crippen LogP contribution in [0.25, 0.3) is 0 Å². The molecule has 1 saturated heterocycles. The van der Waals surface area contributed by atoms with Crippen LogP contribution in [-0.4, -0.2) is 67.5 Å². The van der Waals surface area contributed by atoms with Crippen molar-refractivity contribution < 1.29 is 17.9 Å². The van der Waals surface area contributed by atoms with Gasteiger partial charge in [-0.2, -0.15) is 5.10 Å². The van der Waals surface area contributed by atoms with E-state index in [0.717, 1.165) is 0 Å². The van der Waals surface area contributed by atoms with Gasteiger partial charge in [0.25, 0.3) is 5.91 Å². The maximum absolute atomic E-state index is 12.4. The Morgan fingerprint density at radius 3 is 2.65 bits per heavy atom. The molecule has 0 spiro atoms. The highest BCUT2D eigenvalue weighted by atomic mass is 35.5. The molecular weight excluding hydrogens is 344 g/mol. The van der Waals surface area contributed by atoms with Crippen LogP contribution >= 0.6 is 11.6 Å². The van der Waals surface area contributed by atoms with Crippen LogP contribution < -0.4 is 5.32 Å². The molecule has 2 atom stereocenters. The van der Waals surface area contributed by atoms with Gasteiger partial charge in [-0.15, -0.1) is 0 Å². The molecule has 10 heteroatoms. The number of hydrogen-bond acceptors (Lipinski definition) is 5. The first-order chi connectivity index (χ1) is 10.6. The van der Waals surface area contributed by atoms with Gasteiger partial charge in [0, 0.05) is 27.1 Å². The lowest BCUT2D eigenvalue weighted by molar-refractivity contribution is 0.0916. The molecule has 1 aromatic rings. The lowest BCUT2D eigenvalue weighted by atomic mass is 10.1. The summed E-state index contributed by atoms with van der Waals surface area (Å²) in [5.74, 6) is -0.774. The topological polar surface area (TPSA) is 93.5 Å². The number of aryl methyl sites for hydroxylation is 2. The van der Waals surface area contributed by atoms with Crippen molar-refractivity contribution in [1.82, 2.24) is 19.4 Å². The summed E-state index contributed by atoms with van der Waals surface area (Å²) in [6.07, 6.45) is 0. The molecule has 2 heterocycles. The van der Waals surface area contributed by atoms with Gasteiger partial charge < -0.3 is 10.1 Å². The fourth-order valence-corrected chi connectivity index (χ4v) is 3.87. The number of carbonyl (C=O) groups excluding carboxylic acids is 1. The minimum Gasteiger partial charge on any atom is -0.379 e. The van der Waals surface area contributed by atoms with Gasteiger partial charge >= 0.3 is 0 Å². The monoisotopic (exact) mass is 364 g/mol. The largest absolute Gasteiger partial charge is 0.379 e. The van der Waals surface area contributed by atoms with Crippen molar-refractivity contribution in [1.29, 1.82) is 0 Å². The molecule has 1 aromatic heterocycles. The second kappa shape index (κ2) is 6.76. The van der Waals surface area contributed by atoms with Crippen LogP contribution in [0.4, 0.5) is 0 Å². The van der Waals surface area contributed by atoms with Crippen molar-refractivity contribution in [3.8, 4) is 0 Å². The molecular formula is C13H21ClN4O4S. The van der Waals surface area contributed by atoms with Gasteiger partial charge in [-0.1, -0.05) is 11.6 Å². The zero-order chi connectivity index (χ0) is 17.4. The molecule has 8 nitrogen and oxygen atoms in total. The predicted octanol–water partition coefficient (Wildman–Crippen LogP) is 0.0181. The van der Waals surface area contributed by atoms with E-state index in [2.05, 4.69) is 10.4 Å². The van der Waals surface area contributed by atoms with Crippen LogP contribution in [0.2, 0.25) is 5.02 Å². The Morgan fingerprint density at radius 2 is 2.13 bits per heavy atom. The fourth-order valence-electron chi connectivity index (χ4n) is 2.46. The van der Waals surface area contributed by atoms with Crippen molar-refractivity contribution in [2.45, 2.75) is 13.0 Å². The van der Waals surface area contributed by atoms with Gasteiger partial charge in [0.05, 0.1) is 35.7 Å². The third-order valence-corrected chi connectivity index (χ3v) is 6.27. The van der Waals surface area contributed by atoms with Gasteiger partial charge in [0.15, 0.2) is 0 Å². The predicted molar refractivity (Wildman–Crippen MR) is 86.0 cm³/mol. The van der Waals surface area contributed by atoms with Crippen molar-refractivity contribution in [2.75, 3.05) is 33.1 Å². The smallest absolute Gasteiger partial charge is 0.271 e. The van der Waals surface area contributed by atoms with Gasteiger partial charge in [0.2, 0.25) is 10.0 Å². The number of nitrogens with zero attached hydrogens (tertiary/aromatic N) is 3. The molecule has 23 heavy (non-hydrogen) atoms. The fraction of sp³-hybridized carbons (Fsp3) is 0.692. The minimum atomic E-state index is -3.37. The van der Waals surface area contributed by atoms with Crippen molar-refractivity contribution in [3.05, 3.63) is 16.4 Å². The summed E-state index contributed by atoms with van der Waals surface area (Å²) >= 11 is 6.10. The zero-order valence-electron chi connectivity index (χ0n) is 13.5. The number of rotatable bonds is 5. The molecule has 0 unspecified atom stereocenters. The Morgan fingerprint density at radius 1 is 1.48 bits per heavy atom. The summed E-state index contributed by atoms with van der Waals surface area (Å²) in [5.41, 5.74) is 0.819. The molecule has 1 N–H and O–H groups in total. The summed E-state index contributed by atoms with van der Waals surface area (Å²) in [6, 6.07) is -0.386. The molecule has 0 aliphatic carbocycles. The normalized spacial score (nSPS) is 21.8. The van der Waals surface area contributed by atoms with Gasteiger partial charge in [-0.3, -0.25) is 9.48 Å². The molecule has 1 amide bonds. The molecule has 1 aliphatic rings. The lowest BCUT2D eigenvalue weighted by Gasteiger charge is -2.21. The molecule has 1 fully saturated rings. The minimum absolute atomic E-state index is 0.0803. The van der Waals surface area contributed by atoms with Gasteiger partial charge in [-0.25, -0.2) is 12.7 Å². The summed E-state index contributed by atoms with van der Waals surface area (Å²) < 4.78 is 32.0. The second-order valence-corrected chi connectivity index (χ2v) is 8.42. The van der Waals surface area contributed by atoms with E-state index in [1.807, 2.05) is 0 Å². The summed E-state index contributed by atoms with van der Waals surface area (Å²) in [5, 5.41) is 7.20. The van der Waals surface area contributed by atoms with E-state index in [1.165, 1.54) is 23.1 Å². The van der Waals surface area contributed by atoms with Crippen LogP contribution in [0.3, 0.4) is 0 Å². The van der Waals surface area contributed by atoms with Crippen molar-refractivity contribution in [3.63, 3.8) is 0 Å². The maximum atomic E-state index is 12.4. The second-order valence-electron chi connectivity index (χ2n) is 5.81. The van der Waals surface area contributed by atoms with Crippen molar-refractivity contribution in [2.24, 2.45) is 13.0 Å². The lowest BCUT2D eigenvalue weighted by Crippen LogP contribution is -2.44. The quantitative estimate of drug-likeness (QED) is 0.794. The molecule has 0 saturated carbocycles. The zero-order valence-corrected chi connectivity index (χ0v) is 15.1. The van der Waals surface area contributed by atoms with E-state index in [1.54, 1.807) is 14.0 Å². The SMILES string of the molecule is Cc1nn(C)c(C(=O)N[C@H]2COC[C@H]2CS(=O)(=O)N(C)C)c1Cl. The van der Waals surface area contributed by atoms with Gasteiger partial charge in [0.1, 0.15) is 5.69 Å². The summed E-state index contributed by atoms with van der Waals surface area (Å²) in [7, 11) is 1.23. The molecule has 130 valence electrons. The Kier molecular flexibility index (Phi) is 5.34. The highest BCUT2D eigenvalue weighted by Gasteiger charge is 2.35. The maximum Gasteiger partial charge on any atom is 0.271 e. The van der Waals surface area contributed by atoms with Crippen LogP contribution in [0.5, 0.6) is 0 Å². The van der Waals surface area contributed by atoms with E-state index in [0.29, 0.717) is 10.7 Å². The number of halogens is 1. The number of aromatic nitrogens is 2. The number of amides is 1. The highest BCUT2D eigenvalue weighted by molar-refractivity contribution is 7.89. The molecule has 0 radical (unpaired) electrons. The van der Waals surface area contributed by atoms with Crippen LogP contribution in [0, 0.1) is 12.8 Å². The first kappa shape index (κ1) is 18.2. The molecule has 1 aliphatic heterocycles. The van der Waals surface area contributed by atoms with Crippen LogP contribution in [0.1, 0.15) is 16.2 Å².